The summed E-state index contributed by atoms with van der Waals surface area (Å²) in [4.78, 5) is 24.7. The monoisotopic (exact) mass is 598 g/mol. The van der Waals surface area contributed by atoms with Gasteiger partial charge in [0.25, 0.3) is 5.91 Å². The first-order valence-corrected chi connectivity index (χ1v) is 18.7. The lowest BCUT2D eigenvalue weighted by atomic mass is 9.87. The molecule has 4 aromatic rings. The molecular formula is C34H42N4O2SSi. The minimum Gasteiger partial charge on any atom is -0.415 e. The zero-order valence-electron chi connectivity index (χ0n) is 25.4. The molecule has 8 heteroatoms. The fraction of sp³-hybridized carbons (Fsp3) is 0.382. The van der Waals surface area contributed by atoms with Crippen molar-refractivity contribution in [3.05, 3.63) is 99.6 Å². The minimum atomic E-state index is -1.83. The highest BCUT2D eigenvalue weighted by molar-refractivity contribution is 7.07. The Bertz CT molecular complexity index is 1530. The van der Waals surface area contributed by atoms with Crippen molar-refractivity contribution in [3.8, 4) is 0 Å². The predicted octanol–water partition coefficient (Wildman–Crippen LogP) is 7.54. The number of thiazole rings is 1. The maximum Gasteiger partial charge on any atom is 0.251 e. The van der Waals surface area contributed by atoms with E-state index in [0.29, 0.717) is 18.7 Å². The first-order valence-electron chi connectivity index (χ1n) is 14.8. The number of nitrogens with zero attached hydrogens (tertiary/aromatic N) is 3. The smallest absolute Gasteiger partial charge is 0.251 e. The summed E-state index contributed by atoms with van der Waals surface area (Å²) in [5.74, 6) is -0.0724. The molecule has 1 amide bonds. The number of hydrogen-bond acceptors (Lipinski definition) is 6. The number of nitrogens with one attached hydrogen (secondary N) is 1. The number of carbonyl (C=O) groups excluding carboxylic acids is 1. The Labute approximate surface area is 255 Å². The van der Waals surface area contributed by atoms with E-state index in [1.807, 2.05) is 29.9 Å². The number of piperidine rings is 1. The predicted molar refractivity (Wildman–Crippen MR) is 176 cm³/mol. The zero-order chi connectivity index (χ0) is 29.7. The Morgan fingerprint density at radius 3 is 2.40 bits per heavy atom. The SMILES string of the molecule is CC(C)(C)[Si](C)(C)OCCNC(=O)c1ccc(C(=C2CCN(Cc3cscn3)CC2)c2cccc3cccnc23)cc1. The fourth-order valence-corrected chi connectivity index (χ4v) is 6.80. The van der Waals surface area contributed by atoms with Gasteiger partial charge in [-0.05, 0) is 60.3 Å². The minimum absolute atomic E-state index is 0.0724. The van der Waals surface area contributed by atoms with E-state index in [2.05, 4.69) is 90.8 Å². The van der Waals surface area contributed by atoms with Crippen LogP contribution >= 0.6 is 11.3 Å². The van der Waals surface area contributed by atoms with Gasteiger partial charge in [-0.15, -0.1) is 11.3 Å². The third-order valence-electron chi connectivity index (χ3n) is 8.68. The van der Waals surface area contributed by atoms with Gasteiger partial charge >= 0.3 is 0 Å². The van der Waals surface area contributed by atoms with Crippen LogP contribution in [-0.4, -0.2) is 55.3 Å². The van der Waals surface area contributed by atoms with Gasteiger partial charge in [0.15, 0.2) is 8.32 Å². The van der Waals surface area contributed by atoms with Crippen LogP contribution in [0.4, 0.5) is 0 Å². The van der Waals surface area contributed by atoms with Crippen LogP contribution in [0.15, 0.2) is 77.3 Å². The Morgan fingerprint density at radius 2 is 1.71 bits per heavy atom. The maximum atomic E-state index is 13.0. The van der Waals surface area contributed by atoms with Crippen molar-refractivity contribution < 1.29 is 9.22 Å². The van der Waals surface area contributed by atoms with Gasteiger partial charge in [-0.3, -0.25) is 14.7 Å². The van der Waals surface area contributed by atoms with Crippen LogP contribution in [0.2, 0.25) is 18.1 Å². The number of amides is 1. The molecule has 42 heavy (non-hydrogen) atoms. The highest BCUT2D eigenvalue weighted by Crippen LogP contribution is 2.37. The molecule has 1 fully saturated rings. The van der Waals surface area contributed by atoms with E-state index in [1.54, 1.807) is 11.3 Å². The van der Waals surface area contributed by atoms with E-state index in [1.165, 1.54) is 11.1 Å². The third-order valence-corrected chi connectivity index (χ3v) is 13.9. The Balaban J connectivity index is 1.35. The highest BCUT2D eigenvalue weighted by Gasteiger charge is 2.36. The summed E-state index contributed by atoms with van der Waals surface area (Å²) in [7, 11) is -1.83. The summed E-state index contributed by atoms with van der Waals surface area (Å²) < 4.78 is 6.22. The van der Waals surface area contributed by atoms with E-state index in [4.69, 9.17) is 9.41 Å². The van der Waals surface area contributed by atoms with Crippen molar-refractivity contribution in [3.63, 3.8) is 0 Å². The molecule has 0 aliphatic carbocycles. The van der Waals surface area contributed by atoms with Crippen LogP contribution in [-0.2, 0) is 11.0 Å². The number of hydrogen-bond donors (Lipinski definition) is 1. The standard InChI is InChI=1S/C34H42N4O2SSi/c1-34(2,3)42(4,5)40-21-18-36-33(39)28-13-11-25(12-14-28)31(30-10-6-8-27-9-7-17-35-32(27)30)26-15-19-38(20-16-26)22-29-23-41-24-37-29/h6-14,17,23-24H,15-16,18-22H2,1-5H3,(H,36,39). The maximum absolute atomic E-state index is 13.0. The molecule has 0 spiro atoms. The molecule has 1 aliphatic heterocycles. The van der Waals surface area contributed by atoms with Gasteiger partial charge in [-0.1, -0.05) is 62.7 Å². The third kappa shape index (κ3) is 7.06. The lowest BCUT2D eigenvalue weighted by Gasteiger charge is -2.36. The molecule has 2 aromatic carbocycles. The second-order valence-electron chi connectivity index (χ2n) is 12.6. The molecule has 0 atom stereocenters. The van der Waals surface area contributed by atoms with Crippen LogP contribution in [0.1, 0.15) is 60.8 Å². The second-order valence-corrected chi connectivity index (χ2v) is 18.1. The molecule has 2 aromatic heterocycles. The van der Waals surface area contributed by atoms with Gasteiger partial charge in [0.2, 0.25) is 0 Å². The molecule has 1 saturated heterocycles. The van der Waals surface area contributed by atoms with E-state index in [-0.39, 0.29) is 10.9 Å². The molecule has 0 saturated carbocycles. The van der Waals surface area contributed by atoms with Gasteiger partial charge in [0.1, 0.15) is 0 Å². The van der Waals surface area contributed by atoms with E-state index < -0.39 is 8.32 Å². The summed E-state index contributed by atoms with van der Waals surface area (Å²) in [6.07, 6.45) is 3.84. The number of aromatic nitrogens is 2. The lowest BCUT2D eigenvalue weighted by molar-refractivity contribution is 0.0945. The van der Waals surface area contributed by atoms with Gasteiger partial charge in [0, 0.05) is 54.3 Å². The molecule has 6 nitrogen and oxygen atoms in total. The highest BCUT2D eigenvalue weighted by atomic mass is 32.1. The summed E-state index contributed by atoms with van der Waals surface area (Å²) in [5.41, 5.74) is 9.66. The van der Waals surface area contributed by atoms with Crippen LogP contribution in [0.25, 0.3) is 16.5 Å². The molecule has 0 bridgehead atoms. The van der Waals surface area contributed by atoms with Crippen LogP contribution in [0, 0.1) is 0 Å². The topological polar surface area (TPSA) is 67.3 Å². The van der Waals surface area contributed by atoms with Crippen LogP contribution in [0.3, 0.4) is 0 Å². The number of rotatable bonds is 9. The average Bonchev–Trinajstić information content (AvgIpc) is 3.49. The van der Waals surface area contributed by atoms with Crippen molar-refractivity contribution in [1.29, 1.82) is 0 Å². The fourth-order valence-electron chi connectivity index (χ4n) is 5.21. The Hall–Kier alpha value is -3.17. The van der Waals surface area contributed by atoms with Crippen LogP contribution in [0.5, 0.6) is 0 Å². The number of pyridine rings is 1. The van der Waals surface area contributed by atoms with E-state index in [0.717, 1.165) is 60.2 Å². The molecule has 220 valence electrons. The van der Waals surface area contributed by atoms with Crippen LogP contribution < -0.4 is 5.32 Å². The molecule has 1 N–H and O–H groups in total. The molecule has 3 heterocycles. The summed E-state index contributed by atoms with van der Waals surface area (Å²) in [6, 6.07) is 18.6. The first kappa shape index (κ1) is 30.3. The number of fused-ring (bicyclic) bond motifs is 1. The van der Waals surface area contributed by atoms with Crippen molar-refractivity contribution >= 4 is 42.0 Å². The van der Waals surface area contributed by atoms with Crippen molar-refractivity contribution in [2.45, 2.75) is 58.3 Å². The zero-order valence-corrected chi connectivity index (χ0v) is 27.3. The van der Waals surface area contributed by atoms with Crippen molar-refractivity contribution in [2.24, 2.45) is 0 Å². The largest absolute Gasteiger partial charge is 0.415 e. The summed E-state index contributed by atoms with van der Waals surface area (Å²) in [6.45, 7) is 15.1. The molecular weight excluding hydrogens is 557 g/mol. The number of para-hydroxylation sites is 1. The Kier molecular flexibility index (Phi) is 9.37. The number of benzene rings is 2. The molecule has 5 rings (SSSR count). The normalized spacial score (nSPS) is 14.7. The number of carbonyl (C=O) groups is 1. The van der Waals surface area contributed by atoms with Gasteiger partial charge in [0.05, 0.1) is 23.3 Å². The van der Waals surface area contributed by atoms with Gasteiger partial charge in [-0.25, -0.2) is 4.98 Å². The van der Waals surface area contributed by atoms with Crippen molar-refractivity contribution in [1.82, 2.24) is 20.2 Å². The Morgan fingerprint density at radius 1 is 1.00 bits per heavy atom. The molecule has 1 aliphatic rings. The van der Waals surface area contributed by atoms with E-state index >= 15 is 0 Å². The molecule has 0 radical (unpaired) electrons. The summed E-state index contributed by atoms with van der Waals surface area (Å²) >= 11 is 1.65. The average molecular weight is 599 g/mol. The van der Waals surface area contributed by atoms with Gasteiger partial charge < -0.3 is 9.74 Å². The van der Waals surface area contributed by atoms with E-state index in [9.17, 15) is 4.79 Å². The quantitative estimate of drug-likeness (QED) is 0.159. The summed E-state index contributed by atoms with van der Waals surface area (Å²) in [5, 5.41) is 6.46. The second kappa shape index (κ2) is 13.0. The molecule has 0 unspecified atom stereocenters. The van der Waals surface area contributed by atoms with Crippen molar-refractivity contribution in [2.75, 3.05) is 26.2 Å². The first-order chi connectivity index (χ1) is 20.1. The van der Waals surface area contributed by atoms with Gasteiger partial charge in [-0.2, -0.15) is 0 Å². The lowest BCUT2D eigenvalue weighted by Crippen LogP contribution is -2.42. The number of likely N-dealkylation sites (tertiary alicyclic amines) is 1.